The van der Waals surface area contributed by atoms with E-state index in [0.717, 1.165) is 4.47 Å². The highest BCUT2D eigenvalue weighted by Gasteiger charge is 2.22. The number of fused-ring (bicyclic) bond motifs is 1. The molecule has 3 aromatic rings. The third kappa shape index (κ3) is 4.97. The Bertz CT molecular complexity index is 1130. The normalized spacial score (nSPS) is 11.7. The van der Waals surface area contributed by atoms with Crippen LogP contribution in [0, 0.1) is 0 Å². The van der Waals surface area contributed by atoms with Gasteiger partial charge in [-0.15, -0.1) is 5.10 Å². The van der Waals surface area contributed by atoms with E-state index in [2.05, 4.69) is 36.9 Å². The summed E-state index contributed by atoms with van der Waals surface area (Å²) in [6, 6.07) is 11.7. The van der Waals surface area contributed by atoms with Crippen LogP contribution in [0.25, 0.3) is 11.0 Å². The quantitative estimate of drug-likeness (QED) is 0.500. The lowest BCUT2D eigenvalue weighted by atomic mass is 10.3. The van der Waals surface area contributed by atoms with E-state index in [-0.39, 0.29) is 10.9 Å². The Morgan fingerprint density at radius 2 is 1.83 bits per heavy atom. The topological polar surface area (TPSA) is 109 Å². The van der Waals surface area contributed by atoms with Crippen LogP contribution in [0.3, 0.4) is 0 Å². The lowest BCUT2D eigenvalue weighted by Crippen LogP contribution is -2.31. The number of nitrogens with zero attached hydrogens (tertiary/aromatic N) is 4. The Morgan fingerprint density at radius 1 is 1.13 bits per heavy atom. The van der Waals surface area contributed by atoms with Crippen LogP contribution in [-0.2, 0) is 16.6 Å². The molecule has 0 unspecified atom stereocenters. The predicted molar refractivity (Wildman–Crippen MR) is 119 cm³/mol. The van der Waals surface area contributed by atoms with Crippen LogP contribution in [0.1, 0.15) is 13.8 Å². The van der Waals surface area contributed by atoms with Crippen LogP contribution in [0.5, 0.6) is 0 Å². The number of carbonyl (C=O) groups excluding carboxylic acids is 1. The van der Waals surface area contributed by atoms with E-state index in [4.69, 9.17) is 0 Å². The fourth-order valence-corrected chi connectivity index (χ4v) is 4.72. The fraction of sp³-hybridized carbons (Fsp3) is 0.316. The van der Waals surface area contributed by atoms with Crippen molar-refractivity contribution in [3.8, 4) is 0 Å². The van der Waals surface area contributed by atoms with Gasteiger partial charge in [0.25, 0.3) is 0 Å². The molecule has 1 aromatic heterocycles. The average Bonchev–Trinajstić information content (AvgIpc) is 3.13. The highest BCUT2D eigenvalue weighted by molar-refractivity contribution is 9.10. The van der Waals surface area contributed by atoms with Gasteiger partial charge in [-0.25, -0.2) is 17.9 Å². The number of anilines is 1. The molecule has 1 heterocycles. The van der Waals surface area contributed by atoms with E-state index in [9.17, 15) is 13.2 Å². The minimum atomic E-state index is -3.56. The molecule has 0 bridgehead atoms. The number of halogens is 1. The first-order valence-electron chi connectivity index (χ1n) is 9.49. The van der Waals surface area contributed by atoms with E-state index in [1.165, 1.54) is 10.4 Å². The van der Waals surface area contributed by atoms with Gasteiger partial charge in [-0.1, -0.05) is 35.0 Å². The highest BCUT2D eigenvalue weighted by Crippen LogP contribution is 2.20. The van der Waals surface area contributed by atoms with Crippen molar-refractivity contribution in [2.45, 2.75) is 25.3 Å². The predicted octanol–water partition coefficient (Wildman–Crippen LogP) is 3.05. The third-order valence-corrected chi connectivity index (χ3v) is 7.11. The van der Waals surface area contributed by atoms with E-state index >= 15 is 0 Å². The molecule has 11 heteroatoms. The van der Waals surface area contributed by atoms with Crippen LogP contribution >= 0.6 is 15.9 Å². The summed E-state index contributed by atoms with van der Waals surface area (Å²) in [6.07, 6.45) is 0. The van der Waals surface area contributed by atoms with E-state index < -0.39 is 10.0 Å². The molecular weight excluding hydrogens is 472 g/mol. The van der Waals surface area contributed by atoms with Gasteiger partial charge in [-0.2, -0.15) is 4.31 Å². The van der Waals surface area contributed by atoms with Gasteiger partial charge in [0.1, 0.15) is 5.52 Å². The molecule has 2 aromatic carbocycles. The van der Waals surface area contributed by atoms with E-state index in [1.807, 2.05) is 12.1 Å². The van der Waals surface area contributed by atoms with Crippen LogP contribution < -0.4 is 10.6 Å². The smallest absolute Gasteiger partial charge is 0.319 e. The van der Waals surface area contributed by atoms with Crippen molar-refractivity contribution < 1.29 is 13.2 Å². The van der Waals surface area contributed by atoms with Gasteiger partial charge in [-0.3, -0.25) is 0 Å². The molecule has 9 nitrogen and oxygen atoms in total. The Labute approximate surface area is 183 Å². The van der Waals surface area contributed by atoms with Crippen LogP contribution in [0.4, 0.5) is 10.5 Å². The minimum Gasteiger partial charge on any atom is -0.336 e. The van der Waals surface area contributed by atoms with Crippen molar-refractivity contribution in [3.05, 3.63) is 46.9 Å². The molecule has 0 saturated carbocycles. The molecule has 0 atom stereocenters. The largest absolute Gasteiger partial charge is 0.336 e. The Kier molecular flexibility index (Phi) is 7.06. The lowest BCUT2D eigenvalue weighted by molar-refractivity contribution is 0.251. The van der Waals surface area contributed by atoms with Crippen molar-refractivity contribution in [2.75, 3.05) is 25.0 Å². The maximum absolute atomic E-state index is 12.7. The second-order valence-corrected chi connectivity index (χ2v) is 9.29. The van der Waals surface area contributed by atoms with Crippen LogP contribution in [0.15, 0.2) is 51.8 Å². The number of aromatic nitrogens is 3. The second kappa shape index (κ2) is 9.54. The van der Waals surface area contributed by atoms with Crippen LogP contribution in [0.2, 0.25) is 0 Å². The first-order valence-corrected chi connectivity index (χ1v) is 11.7. The number of sulfonamides is 1. The number of rotatable bonds is 8. The monoisotopic (exact) mass is 494 g/mol. The summed E-state index contributed by atoms with van der Waals surface area (Å²) in [5.74, 6) is 0. The highest BCUT2D eigenvalue weighted by atomic mass is 79.9. The molecule has 0 aliphatic heterocycles. The molecule has 0 aliphatic rings. The summed E-state index contributed by atoms with van der Waals surface area (Å²) in [5.41, 5.74) is 1.87. The zero-order valence-corrected chi connectivity index (χ0v) is 19.1. The van der Waals surface area contributed by atoms with Gasteiger partial charge >= 0.3 is 6.03 Å². The molecule has 3 rings (SSSR count). The molecule has 0 fully saturated rings. The minimum absolute atomic E-state index is 0.192. The standard InChI is InChI=1S/C19H23BrN6O3S/c1-3-25(4-2)30(28,29)16-9-10-18-17(13-16)23-24-26(18)12-11-21-19(27)22-15-7-5-14(20)6-8-15/h5-10,13H,3-4,11-12H2,1-2H3,(H2,21,22,27). The summed E-state index contributed by atoms with van der Waals surface area (Å²) in [7, 11) is -3.56. The first-order chi connectivity index (χ1) is 14.3. The number of amides is 2. The first kappa shape index (κ1) is 22.2. The maximum Gasteiger partial charge on any atom is 0.319 e. The summed E-state index contributed by atoms with van der Waals surface area (Å²) in [4.78, 5) is 12.2. The molecular formula is C19H23BrN6O3S. The Balaban J connectivity index is 1.63. The van der Waals surface area contributed by atoms with Gasteiger partial charge in [0.15, 0.2) is 0 Å². The number of nitrogens with one attached hydrogen (secondary N) is 2. The molecule has 0 radical (unpaired) electrons. The SMILES string of the molecule is CCN(CC)S(=O)(=O)c1ccc2c(c1)nnn2CCNC(=O)Nc1ccc(Br)cc1. The molecule has 0 saturated heterocycles. The van der Waals surface area contributed by atoms with Crippen molar-refractivity contribution in [2.24, 2.45) is 0 Å². The van der Waals surface area contributed by atoms with Crippen molar-refractivity contribution in [1.82, 2.24) is 24.6 Å². The average molecular weight is 495 g/mol. The number of carbonyl (C=O) groups is 1. The zero-order valence-electron chi connectivity index (χ0n) is 16.7. The van der Waals surface area contributed by atoms with Gasteiger partial charge < -0.3 is 10.6 Å². The second-order valence-electron chi connectivity index (χ2n) is 6.44. The summed E-state index contributed by atoms with van der Waals surface area (Å²) in [5, 5.41) is 13.7. The summed E-state index contributed by atoms with van der Waals surface area (Å²) in [6.45, 7) is 5.13. The molecule has 160 valence electrons. The van der Waals surface area contributed by atoms with Gasteiger partial charge in [0.2, 0.25) is 10.0 Å². The molecule has 0 spiro atoms. The summed E-state index contributed by atoms with van der Waals surface area (Å²) < 4.78 is 29.3. The Morgan fingerprint density at radius 3 is 2.50 bits per heavy atom. The van der Waals surface area contributed by atoms with Gasteiger partial charge in [0.05, 0.1) is 17.0 Å². The number of hydrogen-bond donors (Lipinski definition) is 2. The lowest BCUT2D eigenvalue weighted by Gasteiger charge is -2.18. The fourth-order valence-electron chi connectivity index (χ4n) is 2.97. The summed E-state index contributed by atoms with van der Waals surface area (Å²) >= 11 is 3.35. The third-order valence-electron chi connectivity index (χ3n) is 4.54. The number of benzene rings is 2. The van der Waals surface area contributed by atoms with E-state index in [1.54, 1.807) is 42.8 Å². The number of hydrogen-bond acceptors (Lipinski definition) is 5. The Hall–Kier alpha value is -2.50. The molecule has 2 amide bonds. The van der Waals surface area contributed by atoms with Gasteiger partial charge in [-0.05, 0) is 42.5 Å². The molecule has 30 heavy (non-hydrogen) atoms. The van der Waals surface area contributed by atoms with Crippen LogP contribution in [-0.4, -0.2) is 53.4 Å². The zero-order chi connectivity index (χ0) is 21.7. The maximum atomic E-state index is 12.7. The van der Waals surface area contributed by atoms with Gasteiger partial charge in [0, 0.05) is 29.8 Å². The van der Waals surface area contributed by atoms with Crippen molar-refractivity contribution in [1.29, 1.82) is 0 Å². The molecule has 0 aliphatic carbocycles. The van der Waals surface area contributed by atoms with E-state index in [0.29, 0.717) is 42.9 Å². The van der Waals surface area contributed by atoms with Crippen molar-refractivity contribution >= 4 is 48.7 Å². The van der Waals surface area contributed by atoms with Crippen molar-refractivity contribution in [3.63, 3.8) is 0 Å². The molecule has 2 N–H and O–H groups in total. The number of urea groups is 1.